The Morgan fingerprint density at radius 1 is 1.41 bits per heavy atom. The lowest BCUT2D eigenvalue weighted by molar-refractivity contribution is 0.809. The SMILES string of the molecule is CC(C)c1cc(CSc2ncnc(N)n2)[nH]n1. The van der Waals surface area contributed by atoms with Crippen LogP contribution in [-0.2, 0) is 5.75 Å². The van der Waals surface area contributed by atoms with Crippen LogP contribution >= 0.6 is 11.8 Å². The van der Waals surface area contributed by atoms with Gasteiger partial charge in [-0.15, -0.1) is 0 Å². The van der Waals surface area contributed by atoms with Crippen LogP contribution in [0.25, 0.3) is 0 Å². The largest absolute Gasteiger partial charge is 0.368 e. The summed E-state index contributed by atoms with van der Waals surface area (Å²) < 4.78 is 0. The van der Waals surface area contributed by atoms with Gasteiger partial charge in [0.1, 0.15) is 6.33 Å². The highest BCUT2D eigenvalue weighted by molar-refractivity contribution is 7.98. The van der Waals surface area contributed by atoms with Gasteiger partial charge in [-0.1, -0.05) is 25.6 Å². The lowest BCUT2D eigenvalue weighted by atomic mass is 10.1. The van der Waals surface area contributed by atoms with Crippen molar-refractivity contribution in [3.05, 3.63) is 23.8 Å². The second kappa shape index (κ2) is 5.13. The van der Waals surface area contributed by atoms with E-state index in [0.29, 0.717) is 11.1 Å². The van der Waals surface area contributed by atoms with Gasteiger partial charge in [-0.05, 0) is 12.0 Å². The molecule has 0 atom stereocenters. The van der Waals surface area contributed by atoms with E-state index >= 15 is 0 Å². The molecule has 6 nitrogen and oxygen atoms in total. The molecule has 0 saturated heterocycles. The Kier molecular flexibility index (Phi) is 3.58. The van der Waals surface area contributed by atoms with Crippen LogP contribution in [-0.4, -0.2) is 25.1 Å². The van der Waals surface area contributed by atoms with Crippen LogP contribution in [0.2, 0.25) is 0 Å². The first-order chi connectivity index (χ1) is 8.15. The average molecular weight is 250 g/mol. The molecule has 17 heavy (non-hydrogen) atoms. The van der Waals surface area contributed by atoms with E-state index < -0.39 is 0 Å². The molecule has 0 aromatic carbocycles. The van der Waals surface area contributed by atoms with Crippen molar-refractivity contribution in [1.82, 2.24) is 25.1 Å². The number of rotatable bonds is 4. The summed E-state index contributed by atoms with van der Waals surface area (Å²) in [6.07, 6.45) is 1.41. The Labute approximate surface area is 103 Å². The summed E-state index contributed by atoms with van der Waals surface area (Å²) >= 11 is 1.50. The van der Waals surface area contributed by atoms with Gasteiger partial charge in [-0.25, -0.2) is 9.97 Å². The molecular weight excluding hydrogens is 236 g/mol. The second-order valence-corrected chi connectivity index (χ2v) is 4.83. The van der Waals surface area contributed by atoms with E-state index in [-0.39, 0.29) is 5.95 Å². The number of thioether (sulfide) groups is 1. The van der Waals surface area contributed by atoms with Crippen LogP contribution in [0.1, 0.15) is 31.2 Å². The van der Waals surface area contributed by atoms with Crippen molar-refractivity contribution >= 4 is 17.7 Å². The van der Waals surface area contributed by atoms with E-state index in [1.165, 1.54) is 18.1 Å². The number of nitrogen functional groups attached to an aromatic ring is 1. The standard InChI is InChI=1S/C10H14N6S/c1-6(2)8-3-7(15-16-8)4-17-10-13-5-12-9(11)14-10/h3,5-6H,4H2,1-2H3,(H,15,16)(H2,11,12,13,14). The number of nitrogens with two attached hydrogens (primary N) is 1. The predicted octanol–water partition coefficient (Wildman–Crippen LogP) is 1.59. The van der Waals surface area contributed by atoms with Gasteiger partial charge in [0, 0.05) is 11.4 Å². The number of nitrogens with zero attached hydrogens (tertiary/aromatic N) is 4. The molecule has 0 aliphatic carbocycles. The third-order valence-corrected chi connectivity index (χ3v) is 3.08. The molecule has 90 valence electrons. The predicted molar refractivity (Wildman–Crippen MR) is 66.5 cm³/mol. The summed E-state index contributed by atoms with van der Waals surface area (Å²) in [4.78, 5) is 11.8. The Morgan fingerprint density at radius 2 is 2.24 bits per heavy atom. The number of anilines is 1. The first-order valence-electron chi connectivity index (χ1n) is 5.26. The third kappa shape index (κ3) is 3.16. The molecule has 7 heteroatoms. The van der Waals surface area contributed by atoms with Crippen molar-refractivity contribution in [3.63, 3.8) is 0 Å². The zero-order valence-electron chi connectivity index (χ0n) is 9.71. The van der Waals surface area contributed by atoms with Crippen molar-refractivity contribution < 1.29 is 0 Å². The van der Waals surface area contributed by atoms with Crippen LogP contribution in [0.4, 0.5) is 5.95 Å². The second-order valence-electron chi connectivity index (χ2n) is 3.89. The molecular formula is C10H14N6S. The van der Waals surface area contributed by atoms with Gasteiger partial charge < -0.3 is 5.73 Å². The summed E-state index contributed by atoms with van der Waals surface area (Å²) in [7, 11) is 0. The zero-order valence-corrected chi connectivity index (χ0v) is 10.5. The maximum atomic E-state index is 5.48. The molecule has 2 rings (SSSR count). The fourth-order valence-corrected chi connectivity index (χ4v) is 1.97. The Hall–Kier alpha value is -1.63. The third-order valence-electron chi connectivity index (χ3n) is 2.17. The molecule has 0 spiro atoms. The van der Waals surface area contributed by atoms with Gasteiger partial charge in [0.25, 0.3) is 0 Å². The number of H-pyrrole nitrogens is 1. The van der Waals surface area contributed by atoms with Gasteiger partial charge in [-0.2, -0.15) is 10.1 Å². The van der Waals surface area contributed by atoms with Crippen LogP contribution in [0.5, 0.6) is 0 Å². The number of nitrogens with one attached hydrogen (secondary N) is 1. The molecule has 0 unspecified atom stereocenters. The zero-order chi connectivity index (χ0) is 12.3. The van der Waals surface area contributed by atoms with E-state index in [9.17, 15) is 0 Å². The minimum Gasteiger partial charge on any atom is -0.368 e. The van der Waals surface area contributed by atoms with E-state index in [2.05, 4.69) is 45.1 Å². The number of hydrogen-bond donors (Lipinski definition) is 2. The fraction of sp³-hybridized carbons (Fsp3) is 0.400. The Balaban J connectivity index is 1.97. The van der Waals surface area contributed by atoms with Crippen LogP contribution < -0.4 is 5.73 Å². The summed E-state index contributed by atoms with van der Waals surface area (Å²) in [6, 6.07) is 2.06. The number of aromatic nitrogens is 5. The lowest BCUT2D eigenvalue weighted by Crippen LogP contribution is -1.97. The van der Waals surface area contributed by atoms with Gasteiger partial charge in [0.15, 0.2) is 5.16 Å². The van der Waals surface area contributed by atoms with E-state index in [1.54, 1.807) is 0 Å². The molecule has 0 fully saturated rings. The van der Waals surface area contributed by atoms with Gasteiger partial charge in [0.2, 0.25) is 5.95 Å². The number of aromatic amines is 1. The molecule has 2 aromatic rings. The maximum Gasteiger partial charge on any atom is 0.223 e. The summed E-state index contributed by atoms with van der Waals surface area (Å²) in [5.74, 6) is 1.41. The Bertz CT molecular complexity index is 495. The van der Waals surface area contributed by atoms with Crippen LogP contribution in [0.3, 0.4) is 0 Å². The van der Waals surface area contributed by atoms with Crippen LogP contribution in [0, 0.1) is 0 Å². The molecule has 2 aromatic heterocycles. The van der Waals surface area contributed by atoms with Crippen molar-refractivity contribution in [2.75, 3.05) is 5.73 Å². The van der Waals surface area contributed by atoms with E-state index in [1.807, 2.05) is 0 Å². The average Bonchev–Trinajstić information content (AvgIpc) is 2.75. The highest BCUT2D eigenvalue weighted by Gasteiger charge is 2.06. The molecule has 0 saturated carbocycles. The highest BCUT2D eigenvalue weighted by Crippen LogP contribution is 2.20. The molecule has 2 heterocycles. The van der Waals surface area contributed by atoms with Crippen molar-refractivity contribution in [1.29, 1.82) is 0 Å². The van der Waals surface area contributed by atoms with Crippen molar-refractivity contribution in [3.8, 4) is 0 Å². The lowest BCUT2D eigenvalue weighted by Gasteiger charge is -1.98. The van der Waals surface area contributed by atoms with Gasteiger partial charge in [-0.3, -0.25) is 5.10 Å². The summed E-state index contributed by atoms with van der Waals surface area (Å²) in [6.45, 7) is 4.22. The Morgan fingerprint density at radius 3 is 2.88 bits per heavy atom. The molecule has 0 amide bonds. The highest BCUT2D eigenvalue weighted by atomic mass is 32.2. The molecule has 0 radical (unpaired) electrons. The van der Waals surface area contributed by atoms with Crippen molar-refractivity contribution in [2.24, 2.45) is 0 Å². The molecule has 3 N–H and O–H groups in total. The van der Waals surface area contributed by atoms with Crippen LogP contribution in [0.15, 0.2) is 17.6 Å². The topological polar surface area (TPSA) is 93.4 Å². The minimum atomic E-state index is 0.245. The smallest absolute Gasteiger partial charge is 0.223 e. The summed E-state index contributed by atoms with van der Waals surface area (Å²) in [5, 5.41) is 7.85. The quantitative estimate of drug-likeness (QED) is 0.800. The van der Waals surface area contributed by atoms with Gasteiger partial charge in [0.05, 0.1) is 5.69 Å². The minimum absolute atomic E-state index is 0.245. The first kappa shape index (κ1) is 11.8. The number of hydrogen-bond acceptors (Lipinski definition) is 6. The summed E-state index contributed by atoms with van der Waals surface area (Å²) in [5.41, 5.74) is 7.59. The first-order valence-corrected chi connectivity index (χ1v) is 6.25. The maximum absolute atomic E-state index is 5.48. The molecule has 0 bridgehead atoms. The molecule has 0 aliphatic heterocycles. The van der Waals surface area contributed by atoms with E-state index in [4.69, 9.17) is 5.73 Å². The van der Waals surface area contributed by atoms with E-state index in [0.717, 1.165) is 17.1 Å². The monoisotopic (exact) mass is 250 g/mol. The van der Waals surface area contributed by atoms with Gasteiger partial charge >= 0.3 is 0 Å². The normalized spacial score (nSPS) is 11.0. The molecule has 0 aliphatic rings. The van der Waals surface area contributed by atoms with Crippen molar-refractivity contribution in [2.45, 2.75) is 30.7 Å². The fourth-order valence-electron chi connectivity index (χ4n) is 1.25.